The minimum atomic E-state index is -0.821. The van der Waals surface area contributed by atoms with Gasteiger partial charge >= 0.3 is 5.97 Å². The van der Waals surface area contributed by atoms with Crippen LogP contribution in [0.5, 0.6) is 0 Å². The van der Waals surface area contributed by atoms with Gasteiger partial charge in [-0.05, 0) is 38.3 Å². The van der Waals surface area contributed by atoms with Crippen molar-refractivity contribution in [1.82, 2.24) is 10.3 Å². The van der Waals surface area contributed by atoms with Crippen LogP contribution in [-0.2, 0) is 11.2 Å². The van der Waals surface area contributed by atoms with Gasteiger partial charge in [-0.2, -0.15) is 0 Å². The summed E-state index contributed by atoms with van der Waals surface area (Å²) in [6.07, 6.45) is 2.98. The molecule has 2 N–H and O–H groups in total. The Morgan fingerprint density at radius 3 is 2.76 bits per heavy atom. The summed E-state index contributed by atoms with van der Waals surface area (Å²) in [6.45, 7) is 3.89. The summed E-state index contributed by atoms with van der Waals surface area (Å²) in [5.41, 5.74) is 1.29. The molecule has 0 bridgehead atoms. The smallest absolute Gasteiger partial charge is 0.303 e. The number of carbonyl (C=O) groups excluding carboxylic acids is 1. The fraction of sp³-hybridized carbons (Fsp3) is 0.533. The third kappa shape index (κ3) is 6.58. The van der Waals surface area contributed by atoms with Crippen LogP contribution in [0.1, 0.15) is 55.6 Å². The molecule has 6 heteroatoms. The van der Waals surface area contributed by atoms with E-state index < -0.39 is 5.97 Å². The molecule has 0 aliphatic rings. The van der Waals surface area contributed by atoms with Crippen LogP contribution in [0, 0.1) is 0 Å². The van der Waals surface area contributed by atoms with E-state index in [2.05, 4.69) is 10.3 Å². The summed E-state index contributed by atoms with van der Waals surface area (Å²) in [5.74, 6) is -1.03. The fourth-order valence-electron chi connectivity index (χ4n) is 2.01. The molecule has 1 aromatic rings. The molecule has 0 spiro atoms. The zero-order chi connectivity index (χ0) is 15.8. The van der Waals surface area contributed by atoms with Crippen molar-refractivity contribution < 1.29 is 14.7 Å². The zero-order valence-corrected chi connectivity index (χ0v) is 13.1. The highest BCUT2D eigenvalue weighted by molar-refractivity contribution is 6.29. The molecule has 1 aromatic heterocycles. The Morgan fingerprint density at radius 2 is 2.14 bits per heavy atom. The average Bonchev–Trinajstić information content (AvgIpc) is 2.37. The van der Waals surface area contributed by atoms with Gasteiger partial charge in [0.15, 0.2) is 0 Å². The number of aliphatic carboxylic acids is 1. The number of carbonyl (C=O) groups is 2. The Morgan fingerprint density at radius 1 is 1.43 bits per heavy atom. The molecule has 1 atom stereocenters. The highest BCUT2D eigenvalue weighted by Gasteiger charge is 2.12. The quantitative estimate of drug-likeness (QED) is 0.723. The van der Waals surface area contributed by atoms with E-state index in [1.54, 1.807) is 12.1 Å². The van der Waals surface area contributed by atoms with Crippen molar-refractivity contribution in [2.75, 3.05) is 0 Å². The largest absolute Gasteiger partial charge is 0.481 e. The van der Waals surface area contributed by atoms with Crippen LogP contribution in [0.4, 0.5) is 0 Å². The first kappa shape index (κ1) is 17.4. The van der Waals surface area contributed by atoms with Gasteiger partial charge in [-0.3, -0.25) is 9.59 Å². The molecule has 116 valence electrons. The number of aryl methyl sites for hydroxylation is 1. The molecular formula is C15H21ClN2O3. The Kier molecular flexibility index (Phi) is 7.15. The van der Waals surface area contributed by atoms with E-state index in [-0.39, 0.29) is 18.4 Å². The SMILES string of the molecule is CCCc1cc(C(=O)NC(C)CCCC(=O)O)cc(Cl)n1. The van der Waals surface area contributed by atoms with Gasteiger partial charge in [0, 0.05) is 23.7 Å². The summed E-state index contributed by atoms with van der Waals surface area (Å²) in [6, 6.07) is 3.20. The summed E-state index contributed by atoms with van der Waals surface area (Å²) in [5, 5.41) is 11.7. The highest BCUT2D eigenvalue weighted by Crippen LogP contribution is 2.13. The van der Waals surface area contributed by atoms with Crippen molar-refractivity contribution in [2.45, 2.75) is 52.0 Å². The van der Waals surface area contributed by atoms with Gasteiger partial charge in [0.2, 0.25) is 0 Å². The topological polar surface area (TPSA) is 79.3 Å². The lowest BCUT2D eigenvalue weighted by molar-refractivity contribution is -0.137. The van der Waals surface area contributed by atoms with E-state index in [1.165, 1.54) is 0 Å². The Labute approximate surface area is 129 Å². The minimum absolute atomic E-state index is 0.0848. The van der Waals surface area contributed by atoms with Gasteiger partial charge in [0.05, 0.1) is 0 Å². The molecule has 0 aliphatic carbocycles. The van der Waals surface area contributed by atoms with E-state index in [4.69, 9.17) is 16.7 Å². The van der Waals surface area contributed by atoms with Crippen LogP contribution in [0.2, 0.25) is 5.15 Å². The third-order valence-corrected chi connectivity index (χ3v) is 3.21. The number of nitrogens with zero attached hydrogens (tertiary/aromatic N) is 1. The van der Waals surface area contributed by atoms with Gasteiger partial charge in [0.25, 0.3) is 5.91 Å². The summed E-state index contributed by atoms with van der Waals surface area (Å²) >= 11 is 5.93. The van der Waals surface area contributed by atoms with Crippen molar-refractivity contribution in [1.29, 1.82) is 0 Å². The molecule has 1 amide bonds. The number of amides is 1. The monoisotopic (exact) mass is 312 g/mol. The average molecular weight is 313 g/mol. The number of carboxylic acid groups (broad SMARTS) is 1. The van der Waals surface area contributed by atoms with E-state index >= 15 is 0 Å². The fourth-order valence-corrected chi connectivity index (χ4v) is 2.23. The lowest BCUT2D eigenvalue weighted by Crippen LogP contribution is -2.32. The molecule has 1 unspecified atom stereocenters. The van der Waals surface area contributed by atoms with Crippen LogP contribution in [0.25, 0.3) is 0 Å². The van der Waals surface area contributed by atoms with Crippen LogP contribution < -0.4 is 5.32 Å². The van der Waals surface area contributed by atoms with Crippen molar-refractivity contribution in [2.24, 2.45) is 0 Å². The van der Waals surface area contributed by atoms with Gasteiger partial charge in [-0.25, -0.2) is 4.98 Å². The molecular weight excluding hydrogens is 292 g/mol. The van der Waals surface area contributed by atoms with Crippen LogP contribution >= 0.6 is 11.6 Å². The number of pyridine rings is 1. The molecule has 0 aromatic carbocycles. The molecule has 0 saturated heterocycles. The van der Waals surface area contributed by atoms with Gasteiger partial charge < -0.3 is 10.4 Å². The second-order valence-corrected chi connectivity index (χ2v) is 5.47. The predicted molar refractivity (Wildman–Crippen MR) is 81.7 cm³/mol. The first-order chi connectivity index (χ1) is 9.92. The van der Waals surface area contributed by atoms with Crippen molar-refractivity contribution in [3.63, 3.8) is 0 Å². The van der Waals surface area contributed by atoms with E-state index in [0.717, 1.165) is 18.5 Å². The second-order valence-electron chi connectivity index (χ2n) is 5.08. The first-order valence-electron chi connectivity index (χ1n) is 7.11. The summed E-state index contributed by atoms with van der Waals surface area (Å²) in [7, 11) is 0. The first-order valence-corrected chi connectivity index (χ1v) is 7.49. The van der Waals surface area contributed by atoms with Gasteiger partial charge in [0.1, 0.15) is 5.15 Å². The summed E-state index contributed by atoms with van der Waals surface area (Å²) in [4.78, 5) is 26.8. The van der Waals surface area contributed by atoms with E-state index in [0.29, 0.717) is 23.6 Å². The van der Waals surface area contributed by atoms with Crippen molar-refractivity contribution in [3.8, 4) is 0 Å². The molecule has 5 nitrogen and oxygen atoms in total. The van der Waals surface area contributed by atoms with Crippen LogP contribution in [-0.4, -0.2) is 28.0 Å². The molecule has 0 aliphatic heterocycles. The number of aromatic nitrogens is 1. The molecule has 0 radical (unpaired) electrons. The van der Waals surface area contributed by atoms with Crippen LogP contribution in [0.3, 0.4) is 0 Å². The minimum Gasteiger partial charge on any atom is -0.481 e. The van der Waals surface area contributed by atoms with E-state index in [1.807, 2.05) is 13.8 Å². The lowest BCUT2D eigenvalue weighted by atomic mass is 10.1. The number of carboxylic acids is 1. The third-order valence-electron chi connectivity index (χ3n) is 3.02. The number of hydrogen-bond donors (Lipinski definition) is 2. The Balaban J connectivity index is 2.60. The maximum atomic E-state index is 12.1. The summed E-state index contributed by atoms with van der Waals surface area (Å²) < 4.78 is 0. The molecule has 21 heavy (non-hydrogen) atoms. The van der Waals surface area contributed by atoms with E-state index in [9.17, 15) is 9.59 Å². The maximum Gasteiger partial charge on any atom is 0.303 e. The lowest BCUT2D eigenvalue weighted by Gasteiger charge is -2.14. The molecule has 0 fully saturated rings. The standard InChI is InChI=1S/C15H21ClN2O3/c1-3-5-12-8-11(9-13(16)18-12)15(21)17-10(2)6-4-7-14(19)20/h8-10H,3-7H2,1-2H3,(H,17,21)(H,19,20). The molecule has 0 saturated carbocycles. The zero-order valence-electron chi connectivity index (χ0n) is 12.4. The normalized spacial score (nSPS) is 12.0. The van der Waals surface area contributed by atoms with Crippen LogP contribution in [0.15, 0.2) is 12.1 Å². The number of nitrogens with one attached hydrogen (secondary N) is 1. The second kappa shape index (κ2) is 8.62. The van der Waals surface area contributed by atoms with Crippen molar-refractivity contribution in [3.05, 3.63) is 28.5 Å². The molecule has 1 heterocycles. The number of halogens is 1. The predicted octanol–water partition coefficient (Wildman–Crippen LogP) is 3.06. The Bertz CT molecular complexity index is 506. The van der Waals surface area contributed by atoms with Crippen molar-refractivity contribution >= 4 is 23.5 Å². The Hall–Kier alpha value is -1.62. The maximum absolute atomic E-state index is 12.1. The number of hydrogen-bond acceptors (Lipinski definition) is 3. The molecule has 1 rings (SSSR count). The number of rotatable bonds is 8. The van der Waals surface area contributed by atoms with Gasteiger partial charge in [-0.15, -0.1) is 0 Å². The highest BCUT2D eigenvalue weighted by atomic mass is 35.5. The van der Waals surface area contributed by atoms with Gasteiger partial charge in [-0.1, -0.05) is 24.9 Å².